The molecule has 0 aliphatic heterocycles. The third kappa shape index (κ3) is 10.9. The van der Waals surface area contributed by atoms with Crippen molar-refractivity contribution in [2.45, 2.75) is 20.8 Å². The summed E-state index contributed by atoms with van der Waals surface area (Å²) in [7, 11) is 0. The van der Waals surface area contributed by atoms with Crippen LogP contribution in [-0.4, -0.2) is 36.2 Å². The molecule has 0 atom stereocenters. The van der Waals surface area contributed by atoms with Crippen LogP contribution < -0.4 is 0 Å². The van der Waals surface area contributed by atoms with E-state index in [4.69, 9.17) is 5.11 Å². The van der Waals surface area contributed by atoms with Gasteiger partial charge in [0.2, 0.25) is 0 Å². The van der Waals surface area contributed by atoms with Crippen LogP contribution >= 0.6 is 0 Å². The van der Waals surface area contributed by atoms with E-state index in [1.165, 1.54) is 13.8 Å². The first-order valence-electron chi connectivity index (χ1n) is 5.64. The van der Waals surface area contributed by atoms with Crippen molar-refractivity contribution in [3.8, 4) is 0 Å². The molecule has 0 saturated heterocycles. The Balaban J connectivity index is 0. The van der Waals surface area contributed by atoms with Crippen LogP contribution in [0.3, 0.4) is 0 Å². The van der Waals surface area contributed by atoms with E-state index in [2.05, 4.69) is 29.2 Å². The van der Waals surface area contributed by atoms with E-state index in [0.717, 1.165) is 0 Å². The Morgan fingerprint density at radius 1 is 0.850 bits per heavy atom. The Morgan fingerprint density at radius 3 is 1.45 bits per heavy atom. The molecule has 0 spiro atoms. The topological polar surface area (TPSA) is 89.9 Å². The molecule has 0 amide bonds. The first kappa shape index (κ1) is 20.1. The van der Waals surface area contributed by atoms with Crippen LogP contribution in [-0.2, 0) is 23.9 Å². The number of aliphatic hydroxyl groups excluding tert-OH is 1. The summed E-state index contributed by atoms with van der Waals surface area (Å²) in [6, 6.07) is 0. The lowest BCUT2D eigenvalue weighted by molar-refractivity contribution is -0.154. The van der Waals surface area contributed by atoms with Crippen LogP contribution in [0.15, 0.2) is 36.5 Å². The highest BCUT2D eigenvalue weighted by Crippen LogP contribution is 1.97. The van der Waals surface area contributed by atoms with E-state index in [9.17, 15) is 14.4 Å². The summed E-state index contributed by atoms with van der Waals surface area (Å²) in [5.74, 6) is -1.87. The molecular weight excluding hydrogens is 264 g/mol. The molecule has 6 heteroatoms. The standard InChI is InChI=1S/C8H10O3.C6H10O3/c1-5(2)7(9)11-8(10)6(3)4;1-5(2)6(8)9-4-3-7/h1,3H2,2,4H3;7H,1,3-4H2,2H3. The number of carbonyl (C=O) groups is 3. The normalized spacial score (nSPS) is 8.60. The van der Waals surface area contributed by atoms with Crippen LogP contribution in [0.1, 0.15) is 20.8 Å². The van der Waals surface area contributed by atoms with Gasteiger partial charge in [-0.2, -0.15) is 0 Å². The summed E-state index contributed by atoms with van der Waals surface area (Å²) < 4.78 is 8.76. The van der Waals surface area contributed by atoms with Crippen molar-refractivity contribution in [3.63, 3.8) is 0 Å². The molecule has 112 valence electrons. The fraction of sp³-hybridized carbons (Fsp3) is 0.357. The van der Waals surface area contributed by atoms with Crippen molar-refractivity contribution in [3.05, 3.63) is 36.5 Å². The summed E-state index contributed by atoms with van der Waals surface area (Å²) in [6.45, 7) is 14.4. The maximum absolute atomic E-state index is 10.7. The second-order valence-electron chi connectivity index (χ2n) is 3.88. The molecule has 0 unspecified atom stereocenters. The highest BCUT2D eigenvalue weighted by atomic mass is 16.6. The van der Waals surface area contributed by atoms with Gasteiger partial charge in [-0.25, -0.2) is 14.4 Å². The molecular formula is C14H20O6. The summed E-state index contributed by atoms with van der Waals surface area (Å²) >= 11 is 0. The maximum Gasteiger partial charge on any atom is 0.340 e. The zero-order valence-electron chi connectivity index (χ0n) is 12.0. The maximum atomic E-state index is 10.7. The predicted octanol–water partition coefficient (Wildman–Crippen LogP) is 1.31. The monoisotopic (exact) mass is 284 g/mol. The van der Waals surface area contributed by atoms with Crippen molar-refractivity contribution in [1.82, 2.24) is 0 Å². The van der Waals surface area contributed by atoms with Crippen LogP contribution in [0, 0.1) is 0 Å². The van der Waals surface area contributed by atoms with E-state index in [0.29, 0.717) is 5.57 Å². The van der Waals surface area contributed by atoms with E-state index in [1.54, 1.807) is 6.92 Å². The molecule has 0 rings (SSSR count). The van der Waals surface area contributed by atoms with Crippen molar-refractivity contribution >= 4 is 17.9 Å². The predicted molar refractivity (Wildman–Crippen MR) is 73.6 cm³/mol. The number of aliphatic hydroxyl groups is 1. The van der Waals surface area contributed by atoms with Crippen LogP contribution in [0.25, 0.3) is 0 Å². The fourth-order valence-electron chi connectivity index (χ4n) is 0.520. The highest BCUT2D eigenvalue weighted by molar-refractivity contribution is 6.00. The summed E-state index contributed by atoms with van der Waals surface area (Å²) in [6.07, 6.45) is 0. The van der Waals surface area contributed by atoms with Crippen molar-refractivity contribution < 1.29 is 29.0 Å². The Kier molecular flexibility index (Phi) is 10.7. The van der Waals surface area contributed by atoms with Gasteiger partial charge in [-0.15, -0.1) is 0 Å². The molecule has 0 aliphatic rings. The molecule has 0 fully saturated rings. The summed E-state index contributed by atoms with van der Waals surface area (Å²) in [5, 5.41) is 8.19. The average Bonchev–Trinajstić information content (AvgIpc) is 2.35. The lowest BCUT2D eigenvalue weighted by Gasteiger charge is -1.99. The quantitative estimate of drug-likeness (QED) is 0.465. The molecule has 0 bridgehead atoms. The second kappa shape index (κ2) is 10.7. The van der Waals surface area contributed by atoms with Crippen LogP contribution in [0.2, 0.25) is 0 Å². The Bertz CT molecular complexity index is 395. The smallest absolute Gasteiger partial charge is 0.340 e. The van der Waals surface area contributed by atoms with Gasteiger partial charge in [0.05, 0.1) is 6.61 Å². The minimum Gasteiger partial charge on any atom is -0.460 e. The molecule has 1 N–H and O–H groups in total. The van der Waals surface area contributed by atoms with Gasteiger partial charge in [-0.3, -0.25) is 0 Å². The van der Waals surface area contributed by atoms with Crippen LogP contribution in [0.5, 0.6) is 0 Å². The van der Waals surface area contributed by atoms with Gasteiger partial charge in [-0.1, -0.05) is 19.7 Å². The molecule has 0 heterocycles. The fourth-order valence-corrected chi connectivity index (χ4v) is 0.520. The third-order valence-corrected chi connectivity index (χ3v) is 1.56. The first-order chi connectivity index (χ1) is 9.13. The Hall–Kier alpha value is -2.21. The zero-order chi connectivity index (χ0) is 16.3. The van der Waals surface area contributed by atoms with Crippen molar-refractivity contribution in [2.75, 3.05) is 13.2 Å². The van der Waals surface area contributed by atoms with Gasteiger partial charge in [0.15, 0.2) is 0 Å². The van der Waals surface area contributed by atoms with E-state index in [-0.39, 0.29) is 24.4 Å². The Labute approximate surface area is 118 Å². The number of esters is 3. The second-order valence-corrected chi connectivity index (χ2v) is 3.88. The molecule has 0 radical (unpaired) electrons. The van der Waals surface area contributed by atoms with Gasteiger partial charge >= 0.3 is 17.9 Å². The number of carbonyl (C=O) groups excluding carboxylic acids is 3. The minimum atomic E-state index is -0.710. The number of hydrogen-bond donors (Lipinski definition) is 1. The van der Waals surface area contributed by atoms with Crippen LogP contribution in [0.4, 0.5) is 0 Å². The van der Waals surface area contributed by atoms with Gasteiger partial charge in [0.25, 0.3) is 0 Å². The molecule has 0 aliphatic carbocycles. The average molecular weight is 284 g/mol. The molecule has 0 saturated carbocycles. The van der Waals surface area contributed by atoms with E-state index in [1.807, 2.05) is 0 Å². The lowest BCUT2D eigenvalue weighted by Crippen LogP contribution is -2.12. The van der Waals surface area contributed by atoms with Gasteiger partial charge in [0, 0.05) is 16.7 Å². The van der Waals surface area contributed by atoms with Crippen molar-refractivity contribution in [2.24, 2.45) is 0 Å². The van der Waals surface area contributed by atoms with E-state index >= 15 is 0 Å². The van der Waals surface area contributed by atoms with Crippen molar-refractivity contribution in [1.29, 1.82) is 0 Å². The summed E-state index contributed by atoms with van der Waals surface area (Å²) in [5.41, 5.74) is 0.739. The van der Waals surface area contributed by atoms with Gasteiger partial charge in [0.1, 0.15) is 6.61 Å². The van der Waals surface area contributed by atoms with Gasteiger partial charge < -0.3 is 14.6 Å². The molecule has 0 aromatic heterocycles. The third-order valence-electron chi connectivity index (χ3n) is 1.56. The molecule has 6 nitrogen and oxygen atoms in total. The molecule has 0 aromatic carbocycles. The first-order valence-corrected chi connectivity index (χ1v) is 5.64. The number of rotatable bonds is 5. The highest BCUT2D eigenvalue weighted by Gasteiger charge is 2.10. The number of ether oxygens (including phenoxy) is 2. The molecule has 0 aromatic rings. The van der Waals surface area contributed by atoms with Gasteiger partial charge in [-0.05, 0) is 20.8 Å². The largest absolute Gasteiger partial charge is 0.460 e. The SMILES string of the molecule is C=C(C)C(=O)OC(=O)C(=C)C.C=C(C)C(=O)OCCO. The molecule has 20 heavy (non-hydrogen) atoms. The van der Waals surface area contributed by atoms with E-state index < -0.39 is 17.9 Å². The minimum absolute atomic E-state index is 0.0473. The summed E-state index contributed by atoms with van der Waals surface area (Å²) in [4.78, 5) is 31.8. The number of hydrogen-bond acceptors (Lipinski definition) is 6. The zero-order valence-corrected chi connectivity index (χ0v) is 12.0. The lowest BCUT2D eigenvalue weighted by atomic mass is 10.3. The Morgan fingerprint density at radius 2 is 1.20 bits per heavy atom.